The molecule has 0 heterocycles. The van der Waals surface area contributed by atoms with Crippen molar-refractivity contribution >= 4 is 5.69 Å². The molecule has 23 heavy (non-hydrogen) atoms. The number of hydrogen-bond acceptors (Lipinski definition) is 3. The molecule has 0 saturated heterocycles. The lowest BCUT2D eigenvalue weighted by molar-refractivity contribution is 0.471. The van der Waals surface area contributed by atoms with Crippen molar-refractivity contribution in [2.75, 3.05) is 18.0 Å². The minimum absolute atomic E-state index is 0.330. The fraction of sp³-hybridized carbons (Fsp3) is 0.400. The predicted molar refractivity (Wildman–Crippen MR) is 94.5 cm³/mol. The Hall–Kier alpha value is -2.16. The first-order chi connectivity index (χ1) is 11.1. The van der Waals surface area contributed by atoms with Gasteiger partial charge in [0.05, 0.1) is 0 Å². The van der Waals surface area contributed by atoms with Crippen LogP contribution in [0.1, 0.15) is 42.9 Å². The number of aromatic hydroxyl groups is 2. The van der Waals surface area contributed by atoms with E-state index in [2.05, 4.69) is 24.8 Å². The summed E-state index contributed by atoms with van der Waals surface area (Å²) in [6, 6.07) is 11.5. The Morgan fingerprint density at radius 3 is 2.39 bits per heavy atom. The Kier molecular flexibility index (Phi) is 4.46. The van der Waals surface area contributed by atoms with Gasteiger partial charge in [-0.05, 0) is 73.9 Å². The second-order valence-electron chi connectivity index (χ2n) is 6.31. The third-order valence-corrected chi connectivity index (χ3v) is 4.98. The van der Waals surface area contributed by atoms with Crippen molar-refractivity contribution in [2.45, 2.75) is 39.0 Å². The van der Waals surface area contributed by atoms with Gasteiger partial charge < -0.3 is 15.1 Å². The highest BCUT2D eigenvalue weighted by molar-refractivity contribution is 5.59. The minimum atomic E-state index is 0.330. The topological polar surface area (TPSA) is 43.7 Å². The third kappa shape index (κ3) is 3.14. The largest absolute Gasteiger partial charge is 0.508 e. The second-order valence-corrected chi connectivity index (χ2v) is 6.31. The first kappa shape index (κ1) is 15.7. The fourth-order valence-corrected chi connectivity index (χ4v) is 3.72. The maximum atomic E-state index is 9.91. The van der Waals surface area contributed by atoms with Crippen LogP contribution < -0.4 is 4.90 Å². The molecular weight excluding hydrogens is 286 g/mol. The van der Waals surface area contributed by atoms with Crippen LogP contribution in [0.5, 0.6) is 11.5 Å². The normalized spacial score (nSPS) is 16.9. The number of phenols is 2. The van der Waals surface area contributed by atoms with E-state index in [0.29, 0.717) is 17.4 Å². The number of hydrogen-bond donors (Lipinski definition) is 2. The number of benzene rings is 2. The van der Waals surface area contributed by atoms with Gasteiger partial charge in [0.15, 0.2) is 0 Å². The molecule has 1 unspecified atom stereocenters. The molecule has 0 aliphatic heterocycles. The number of nitrogens with zero attached hydrogens (tertiary/aromatic N) is 1. The van der Waals surface area contributed by atoms with Gasteiger partial charge in [-0.25, -0.2) is 0 Å². The molecule has 3 heteroatoms. The van der Waals surface area contributed by atoms with Crippen molar-refractivity contribution in [2.24, 2.45) is 0 Å². The maximum Gasteiger partial charge on any atom is 0.117 e. The third-order valence-electron chi connectivity index (χ3n) is 4.98. The van der Waals surface area contributed by atoms with E-state index >= 15 is 0 Å². The summed E-state index contributed by atoms with van der Waals surface area (Å²) in [7, 11) is 0. The molecule has 1 aliphatic rings. The van der Waals surface area contributed by atoms with E-state index in [1.165, 1.54) is 16.7 Å². The molecule has 3 rings (SSSR count). The SMILES string of the molecule is CCN(CC)c1cc(O)ccc1C1CCc2cc(O)ccc2C1. The van der Waals surface area contributed by atoms with Gasteiger partial charge in [0.1, 0.15) is 11.5 Å². The zero-order chi connectivity index (χ0) is 16.4. The van der Waals surface area contributed by atoms with E-state index in [1.54, 1.807) is 12.1 Å². The van der Waals surface area contributed by atoms with Crippen molar-refractivity contribution in [3.05, 3.63) is 53.1 Å². The Balaban J connectivity index is 1.95. The van der Waals surface area contributed by atoms with Crippen molar-refractivity contribution in [1.82, 2.24) is 0 Å². The summed E-state index contributed by atoms with van der Waals surface area (Å²) in [6.45, 7) is 6.17. The van der Waals surface area contributed by atoms with Crippen molar-refractivity contribution < 1.29 is 10.2 Å². The zero-order valence-corrected chi connectivity index (χ0v) is 13.9. The van der Waals surface area contributed by atoms with E-state index in [-0.39, 0.29) is 0 Å². The first-order valence-electron chi connectivity index (χ1n) is 8.51. The number of rotatable bonds is 4. The fourth-order valence-electron chi connectivity index (χ4n) is 3.72. The van der Waals surface area contributed by atoms with Crippen molar-refractivity contribution in [1.29, 1.82) is 0 Å². The molecule has 0 spiro atoms. The number of phenolic OH excluding ortho intramolecular Hbond substituents is 2. The van der Waals surface area contributed by atoms with Crippen LogP contribution >= 0.6 is 0 Å². The van der Waals surface area contributed by atoms with Gasteiger partial charge in [-0.2, -0.15) is 0 Å². The van der Waals surface area contributed by atoms with Crippen LogP contribution in [-0.4, -0.2) is 23.3 Å². The summed E-state index contributed by atoms with van der Waals surface area (Å²) in [5.41, 5.74) is 5.08. The van der Waals surface area contributed by atoms with E-state index in [9.17, 15) is 10.2 Å². The standard InChI is InChI=1S/C20H25NO2/c1-3-21(4-2)20-13-18(23)9-10-19(20)16-6-5-15-12-17(22)8-7-14(15)11-16/h7-10,12-13,16,22-23H,3-6,11H2,1-2H3. The van der Waals surface area contributed by atoms with Crippen molar-refractivity contribution in [3.63, 3.8) is 0 Å². The van der Waals surface area contributed by atoms with Crippen LogP contribution in [0.3, 0.4) is 0 Å². The van der Waals surface area contributed by atoms with Gasteiger partial charge in [0.2, 0.25) is 0 Å². The Labute approximate surface area is 138 Å². The monoisotopic (exact) mass is 311 g/mol. The van der Waals surface area contributed by atoms with Gasteiger partial charge >= 0.3 is 0 Å². The highest BCUT2D eigenvalue weighted by Gasteiger charge is 2.24. The highest BCUT2D eigenvalue weighted by atomic mass is 16.3. The lowest BCUT2D eigenvalue weighted by Gasteiger charge is -2.31. The van der Waals surface area contributed by atoms with Crippen LogP contribution in [0.4, 0.5) is 5.69 Å². The van der Waals surface area contributed by atoms with Gasteiger partial charge in [-0.1, -0.05) is 12.1 Å². The van der Waals surface area contributed by atoms with Crippen LogP contribution in [0.2, 0.25) is 0 Å². The van der Waals surface area contributed by atoms with Crippen LogP contribution in [0.25, 0.3) is 0 Å². The quantitative estimate of drug-likeness (QED) is 0.888. The molecule has 3 nitrogen and oxygen atoms in total. The predicted octanol–water partition coefficient (Wildman–Crippen LogP) is 4.22. The molecule has 1 atom stereocenters. The summed E-state index contributed by atoms with van der Waals surface area (Å²) in [4.78, 5) is 2.31. The lowest BCUT2D eigenvalue weighted by Crippen LogP contribution is -2.24. The van der Waals surface area contributed by atoms with Crippen LogP contribution in [-0.2, 0) is 12.8 Å². The maximum absolute atomic E-state index is 9.91. The van der Waals surface area contributed by atoms with Crippen LogP contribution in [0.15, 0.2) is 36.4 Å². The van der Waals surface area contributed by atoms with Gasteiger partial charge in [-0.3, -0.25) is 0 Å². The average molecular weight is 311 g/mol. The molecule has 1 aliphatic carbocycles. The van der Waals surface area contributed by atoms with E-state index in [1.807, 2.05) is 18.2 Å². The molecule has 0 radical (unpaired) electrons. The molecule has 0 fully saturated rings. The second kappa shape index (κ2) is 6.53. The zero-order valence-electron chi connectivity index (χ0n) is 13.9. The summed E-state index contributed by atoms with van der Waals surface area (Å²) in [6.07, 6.45) is 3.07. The van der Waals surface area contributed by atoms with E-state index in [0.717, 1.165) is 38.0 Å². The van der Waals surface area contributed by atoms with Crippen LogP contribution in [0, 0.1) is 0 Å². The van der Waals surface area contributed by atoms with Crippen molar-refractivity contribution in [3.8, 4) is 11.5 Å². The molecule has 0 aromatic heterocycles. The molecule has 0 amide bonds. The first-order valence-corrected chi connectivity index (χ1v) is 8.51. The number of aryl methyl sites for hydroxylation is 1. The summed E-state index contributed by atoms with van der Waals surface area (Å²) >= 11 is 0. The molecule has 2 N–H and O–H groups in total. The van der Waals surface area contributed by atoms with E-state index in [4.69, 9.17) is 0 Å². The molecule has 0 saturated carbocycles. The molecule has 122 valence electrons. The van der Waals surface area contributed by atoms with Gasteiger partial charge in [-0.15, -0.1) is 0 Å². The summed E-state index contributed by atoms with van der Waals surface area (Å²) in [5.74, 6) is 1.15. The number of fused-ring (bicyclic) bond motifs is 1. The summed E-state index contributed by atoms with van der Waals surface area (Å²) in [5, 5.41) is 19.6. The Morgan fingerprint density at radius 1 is 0.957 bits per heavy atom. The minimum Gasteiger partial charge on any atom is -0.508 e. The summed E-state index contributed by atoms with van der Waals surface area (Å²) < 4.78 is 0. The number of anilines is 1. The molecule has 2 aromatic carbocycles. The van der Waals surface area contributed by atoms with Gasteiger partial charge in [0.25, 0.3) is 0 Å². The molecule has 0 bridgehead atoms. The molecular formula is C20H25NO2. The van der Waals surface area contributed by atoms with E-state index < -0.39 is 0 Å². The molecule has 2 aromatic rings. The lowest BCUT2D eigenvalue weighted by atomic mass is 9.79. The Morgan fingerprint density at radius 2 is 1.65 bits per heavy atom. The smallest absolute Gasteiger partial charge is 0.117 e. The van der Waals surface area contributed by atoms with Gasteiger partial charge in [0, 0.05) is 24.8 Å². The average Bonchev–Trinajstić information content (AvgIpc) is 2.56. The highest BCUT2D eigenvalue weighted by Crippen LogP contribution is 2.39. The Bertz CT molecular complexity index is 692.